The van der Waals surface area contributed by atoms with E-state index in [1.54, 1.807) is 0 Å². The summed E-state index contributed by atoms with van der Waals surface area (Å²) in [7, 11) is 0. The second kappa shape index (κ2) is 19.5. The van der Waals surface area contributed by atoms with E-state index < -0.39 is 36.9 Å². The number of esters is 1. The highest BCUT2D eigenvalue weighted by atomic mass is 35.5. The lowest BCUT2D eigenvalue weighted by molar-refractivity contribution is -0.150. The van der Waals surface area contributed by atoms with Gasteiger partial charge in [0.25, 0.3) is 0 Å². The fourth-order valence-corrected chi connectivity index (χ4v) is 4.45. The maximum Gasteiger partial charge on any atom is 0.305 e. The van der Waals surface area contributed by atoms with Crippen LogP contribution < -0.4 is 5.73 Å². The van der Waals surface area contributed by atoms with Crippen molar-refractivity contribution in [3.8, 4) is 0 Å². The number of nitrogen functional groups attached to an aromatic ring is 1. The van der Waals surface area contributed by atoms with Gasteiger partial charge in [-0.05, 0) is 50.4 Å². The molecule has 212 valence electrons. The van der Waals surface area contributed by atoms with Crippen LogP contribution in [0.4, 0.5) is 5.82 Å². The topological polar surface area (TPSA) is 120 Å². The van der Waals surface area contributed by atoms with Gasteiger partial charge in [0.15, 0.2) is 6.23 Å². The molecule has 1 aliphatic heterocycles. The molecule has 1 aromatic heterocycles. The van der Waals surface area contributed by atoms with Gasteiger partial charge in [-0.1, -0.05) is 70.4 Å². The summed E-state index contributed by atoms with van der Waals surface area (Å²) in [5, 5.41) is 20.7. The summed E-state index contributed by atoms with van der Waals surface area (Å²) in [6.07, 6.45) is 15.0. The van der Waals surface area contributed by atoms with Crippen molar-refractivity contribution in [2.75, 3.05) is 12.3 Å². The smallest absolute Gasteiger partial charge is 0.305 e. The Balaban J connectivity index is 0.00000722. The summed E-state index contributed by atoms with van der Waals surface area (Å²) >= 11 is 5.14. The third-order valence-corrected chi connectivity index (χ3v) is 6.65. The number of nitrogens with zero attached hydrogens (tertiary/aromatic N) is 2. The zero-order valence-corrected chi connectivity index (χ0v) is 23.6. The zero-order valence-electron chi connectivity index (χ0n) is 23.0. The second-order valence-corrected chi connectivity index (χ2v) is 9.80. The fourth-order valence-electron chi connectivity index (χ4n) is 4.18. The van der Waals surface area contributed by atoms with Crippen molar-refractivity contribution in [1.29, 1.82) is 0 Å². The van der Waals surface area contributed by atoms with Gasteiger partial charge in [-0.25, -0.2) is 4.98 Å². The van der Waals surface area contributed by atoms with Crippen molar-refractivity contribution in [2.24, 2.45) is 0 Å². The summed E-state index contributed by atoms with van der Waals surface area (Å²) in [4.78, 5) is 16.1. The molecule has 1 aliphatic rings. The molecule has 0 aromatic carbocycles. The van der Waals surface area contributed by atoms with E-state index >= 15 is 0 Å². The van der Waals surface area contributed by atoms with E-state index in [4.69, 9.17) is 28.8 Å². The summed E-state index contributed by atoms with van der Waals surface area (Å²) in [6, 6.07) is 1.51. The number of aliphatic hydroxyl groups is 2. The number of nitrogens with two attached hydrogens (primary N) is 1. The molecule has 8 nitrogen and oxygen atoms in total. The molecule has 2 unspecified atom stereocenters. The minimum absolute atomic E-state index is 0. The maximum absolute atomic E-state index is 12.2. The molecule has 0 amide bonds. The van der Waals surface area contributed by atoms with Crippen LogP contribution in [0.3, 0.4) is 0 Å². The number of rotatable bonds is 18. The number of carbonyl (C=O) groups is 1. The Bertz CT molecular complexity index is 891. The quantitative estimate of drug-likeness (QED) is 0.0889. The van der Waals surface area contributed by atoms with Crippen LogP contribution in [-0.2, 0) is 14.3 Å². The molecule has 10 heteroatoms. The molecule has 0 radical (unpaired) electrons. The monoisotopic (exact) mass is 560 g/mol. The van der Waals surface area contributed by atoms with E-state index in [-0.39, 0.29) is 36.0 Å². The van der Waals surface area contributed by atoms with Crippen LogP contribution in [0.2, 0.25) is 0 Å². The lowest BCUT2D eigenvalue weighted by Crippen LogP contribution is -2.34. The van der Waals surface area contributed by atoms with Gasteiger partial charge in [0, 0.05) is 14.0 Å². The van der Waals surface area contributed by atoms with Crippen molar-refractivity contribution in [3.05, 3.63) is 29.2 Å². The van der Waals surface area contributed by atoms with Crippen LogP contribution in [0.15, 0.2) is 24.4 Å². The number of aromatic nitrogens is 2. The molecule has 2 heterocycles. The average Bonchev–Trinajstić information content (AvgIpc) is 3.14. The first-order valence-corrected chi connectivity index (χ1v) is 13.8. The number of ether oxygens (including phenoxy) is 2. The van der Waals surface area contributed by atoms with Crippen LogP contribution in [0.5, 0.6) is 0 Å². The Morgan fingerprint density at radius 2 is 1.76 bits per heavy atom. The normalized spacial score (nSPS) is 22.5. The van der Waals surface area contributed by atoms with E-state index in [0.29, 0.717) is 6.42 Å². The Labute approximate surface area is 234 Å². The van der Waals surface area contributed by atoms with Gasteiger partial charge in [-0.3, -0.25) is 9.36 Å². The number of carbonyl (C=O) groups excluding carboxylic acids is 1. The molecule has 1 saturated heterocycles. The Morgan fingerprint density at radius 1 is 1.14 bits per heavy atom. The van der Waals surface area contributed by atoms with Crippen molar-refractivity contribution >= 4 is 36.4 Å². The minimum atomic E-state index is -1.27. The maximum atomic E-state index is 12.2. The van der Waals surface area contributed by atoms with Crippen LogP contribution in [0.25, 0.3) is 0 Å². The molecule has 0 aliphatic carbocycles. The Kier molecular flexibility index (Phi) is 16.7. The number of halogens is 1. The summed E-state index contributed by atoms with van der Waals surface area (Å²) in [5.41, 5.74) is 5.60. The Morgan fingerprint density at radius 3 is 2.41 bits per heavy atom. The standard InChI is InChI=1S/C27H45N3O5S.ClH/c1-2-3-4-5-6-7-8-9-10-11-12-13-14-15-16-17-23(31)34-20-21-24(32)25(33)26(35-21)30-19-18-22(28)29-27(30)36;/h9-10,18-19,21,24-26,32-33H,2-8,11-17,20H2,1H3,(H2,28,29,36);1H/b10-9-;/t21-,24-,25+,26?;/m1./s1/i16D;/t16?,21-,24-,25+,26?;. The van der Waals surface area contributed by atoms with E-state index in [0.717, 1.165) is 32.1 Å². The van der Waals surface area contributed by atoms with E-state index in [2.05, 4.69) is 24.1 Å². The lowest BCUT2D eigenvalue weighted by Gasteiger charge is -2.18. The number of unbranched alkanes of at least 4 members (excludes halogenated alkanes) is 9. The summed E-state index contributed by atoms with van der Waals surface area (Å²) in [5.74, 6) is -0.280. The molecule has 5 atom stereocenters. The molecule has 0 bridgehead atoms. The van der Waals surface area contributed by atoms with Gasteiger partial charge < -0.3 is 25.4 Å². The third-order valence-electron chi connectivity index (χ3n) is 6.35. The molecular formula is C27H46ClN3O5S. The molecule has 1 aromatic rings. The SMILES string of the molecule is Cl.[2H]C(CCCCC/C=C\CCCCCCCC)CC(=O)OC[C@H]1OC(n2ccc(N)nc2=S)[C@@H](O)[C@@H]1O. The second-order valence-electron chi connectivity index (χ2n) is 9.43. The largest absolute Gasteiger partial charge is 0.463 e. The molecule has 37 heavy (non-hydrogen) atoms. The van der Waals surface area contributed by atoms with Crippen LogP contribution >= 0.6 is 24.6 Å². The van der Waals surface area contributed by atoms with Crippen molar-refractivity contribution in [2.45, 2.75) is 121 Å². The lowest BCUT2D eigenvalue weighted by atomic mass is 10.1. The molecule has 4 N–H and O–H groups in total. The molecule has 2 rings (SSSR count). The summed E-state index contributed by atoms with van der Waals surface area (Å²) < 4.78 is 20.6. The zero-order chi connectivity index (χ0) is 27.0. The van der Waals surface area contributed by atoms with Gasteiger partial charge in [0.05, 0.1) is 0 Å². The number of anilines is 1. The number of hydrogen-bond donors (Lipinski definition) is 3. The first kappa shape index (κ1) is 31.7. The molecule has 0 saturated carbocycles. The van der Waals surface area contributed by atoms with Crippen molar-refractivity contribution in [1.82, 2.24) is 9.55 Å². The highest BCUT2D eigenvalue weighted by Crippen LogP contribution is 2.30. The first-order valence-electron chi connectivity index (χ1n) is 14.0. The van der Waals surface area contributed by atoms with Gasteiger partial charge in [-0.15, -0.1) is 12.4 Å². The van der Waals surface area contributed by atoms with Gasteiger partial charge in [0.1, 0.15) is 30.7 Å². The van der Waals surface area contributed by atoms with Crippen LogP contribution in [0, 0.1) is 4.77 Å². The highest BCUT2D eigenvalue weighted by molar-refractivity contribution is 7.71. The van der Waals surface area contributed by atoms with E-state index in [1.807, 2.05) is 0 Å². The third kappa shape index (κ3) is 12.7. The van der Waals surface area contributed by atoms with Crippen LogP contribution in [0.1, 0.15) is 104 Å². The van der Waals surface area contributed by atoms with Crippen molar-refractivity contribution < 1.29 is 25.9 Å². The first-order chi connectivity index (χ1) is 17.8. The minimum Gasteiger partial charge on any atom is -0.463 e. The van der Waals surface area contributed by atoms with Gasteiger partial charge in [0.2, 0.25) is 4.77 Å². The average molecular weight is 561 g/mol. The number of allylic oxidation sites excluding steroid dienone is 2. The van der Waals surface area contributed by atoms with E-state index in [9.17, 15) is 15.0 Å². The molecular weight excluding hydrogens is 514 g/mol. The predicted molar refractivity (Wildman–Crippen MR) is 151 cm³/mol. The van der Waals surface area contributed by atoms with E-state index in [1.165, 1.54) is 55.4 Å². The predicted octanol–water partition coefficient (Wildman–Crippen LogP) is 5.82. The van der Waals surface area contributed by atoms with Gasteiger partial charge in [-0.2, -0.15) is 0 Å². The molecule has 1 fully saturated rings. The Hall–Kier alpha value is -1.52. The molecule has 0 spiro atoms. The van der Waals surface area contributed by atoms with Gasteiger partial charge >= 0.3 is 5.97 Å². The van der Waals surface area contributed by atoms with Crippen molar-refractivity contribution in [3.63, 3.8) is 0 Å². The number of aliphatic hydroxyl groups excluding tert-OH is 2. The number of hydrogen-bond acceptors (Lipinski definition) is 8. The highest BCUT2D eigenvalue weighted by Gasteiger charge is 2.44. The fraction of sp³-hybridized carbons (Fsp3) is 0.741. The van der Waals surface area contributed by atoms with Crippen LogP contribution in [-0.4, -0.2) is 50.7 Å². The summed E-state index contributed by atoms with van der Waals surface area (Å²) in [6.45, 7) is 2.02.